The Morgan fingerprint density at radius 2 is 2.33 bits per heavy atom. The molecule has 0 saturated heterocycles. The molecule has 2 N–H and O–H groups in total. The van der Waals surface area contributed by atoms with E-state index in [0.29, 0.717) is 5.69 Å². The summed E-state index contributed by atoms with van der Waals surface area (Å²) in [5.41, 5.74) is 6.17. The lowest BCUT2D eigenvalue weighted by molar-refractivity contribution is 0.217. The van der Waals surface area contributed by atoms with Crippen molar-refractivity contribution < 1.29 is 4.74 Å². The van der Waals surface area contributed by atoms with Crippen LogP contribution in [0.3, 0.4) is 0 Å². The third-order valence-electron chi connectivity index (χ3n) is 1.65. The molecule has 0 aliphatic carbocycles. The number of nitrogens with zero attached hydrogens (tertiary/aromatic N) is 1. The van der Waals surface area contributed by atoms with Gasteiger partial charge in [-0.25, -0.2) is 0 Å². The molecular weight excluding hydrogens is 152 g/mol. The molecule has 66 valence electrons. The van der Waals surface area contributed by atoms with Gasteiger partial charge in [-0.1, -0.05) is 6.92 Å². The van der Waals surface area contributed by atoms with Crippen molar-refractivity contribution in [2.24, 2.45) is 0 Å². The first-order valence-corrected chi connectivity index (χ1v) is 4.09. The summed E-state index contributed by atoms with van der Waals surface area (Å²) in [4.78, 5) is 3.92. The average molecular weight is 166 g/mol. The molecule has 0 aliphatic rings. The monoisotopic (exact) mass is 166 g/mol. The van der Waals surface area contributed by atoms with E-state index < -0.39 is 0 Å². The van der Waals surface area contributed by atoms with E-state index in [-0.39, 0.29) is 6.10 Å². The van der Waals surface area contributed by atoms with Crippen LogP contribution in [0.2, 0.25) is 0 Å². The van der Waals surface area contributed by atoms with Crippen LogP contribution in [0.15, 0.2) is 18.5 Å². The van der Waals surface area contributed by atoms with Crippen LogP contribution < -0.4 is 10.5 Å². The van der Waals surface area contributed by atoms with Gasteiger partial charge >= 0.3 is 0 Å². The van der Waals surface area contributed by atoms with Crippen molar-refractivity contribution >= 4 is 5.69 Å². The number of pyridine rings is 1. The molecule has 1 rings (SSSR count). The molecule has 1 atom stereocenters. The Labute approximate surface area is 72.6 Å². The highest BCUT2D eigenvalue weighted by molar-refractivity contribution is 5.39. The number of nitrogen functional groups attached to an aromatic ring is 1. The van der Waals surface area contributed by atoms with Crippen molar-refractivity contribution in [1.82, 2.24) is 4.98 Å². The molecule has 1 aromatic heterocycles. The lowest BCUT2D eigenvalue weighted by atomic mass is 10.3. The molecule has 0 bridgehead atoms. The third kappa shape index (κ3) is 2.42. The molecule has 0 fully saturated rings. The Balaban J connectivity index is 2.63. The maximum absolute atomic E-state index is 5.53. The fourth-order valence-corrected chi connectivity index (χ4v) is 0.816. The molecule has 1 aromatic rings. The summed E-state index contributed by atoms with van der Waals surface area (Å²) in [5, 5.41) is 0. The van der Waals surface area contributed by atoms with Crippen molar-refractivity contribution in [3.05, 3.63) is 18.5 Å². The zero-order chi connectivity index (χ0) is 8.97. The molecule has 3 nitrogen and oxygen atoms in total. The second-order valence-corrected chi connectivity index (χ2v) is 2.79. The van der Waals surface area contributed by atoms with Gasteiger partial charge in [-0.3, -0.25) is 4.98 Å². The van der Waals surface area contributed by atoms with E-state index in [1.807, 2.05) is 6.92 Å². The molecule has 0 radical (unpaired) electrons. The van der Waals surface area contributed by atoms with E-state index >= 15 is 0 Å². The summed E-state index contributed by atoms with van der Waals surface area (Å²) >= 11 is 0. The summed E-state index contributed by atoms with van der Waals surface area (Å²) < 4.78 is 5.50. The van der Waals surface area contributed by atoms with Gasteiger partial charge in [0.05, 0.1) is 24.2 Å². The lowest BCUT2D eigenvalue weighted by Gasteiger charge is -2.11. The predicted octanol–water partition coefficient (Wildman–Crippen LogP) is 1.84. The Bertz CT molecular complexity index is 250. The normalized spacial score (nSPS) is 12.5. The summed E-state index contributed by atoms with van der Waals surface area (Å²) in [6.45, 7) is 4.09. The van der Waals surface area contributed by atoms with Gasteiger partial charge < -0.3 is 10.5 Å². The number of hydrogen-bond donors (Lipinski definition) is 1. The molecule has 1 heterocycles. The average Bonchev–Trinajstić information content (AvgIpc) is 2.04. The quantitative estimate of drug-likeness (QED) is 0.745. The number of nitrogens with two attached hydrogens (primary N) is 1. The fraction of sp³-hybridized carbons (Fsp3) is 0.444. The minimum atomic E-state index is 0.216. The highest BCUT2D eigenvalue weighted by Gasteiger charge is 2.00. The number of rotatable bonds is 3. The molecule has 0 spiro atoms. The van der Waals surface area contributed by atoms with Crippen molar-refractivity contribution in [3.8, 4) is 5.75 Å². The van der Waals surface area contributed by atoms with Crippen LogP contribution in [-0.4, -0.2) is 11.1 Å². The number of aromatic nitrogens is 1. The molecule has 1 unspecified atom stereocenters. The van der Waals surface area contributed by atoms with Crippen molar-refractivity contribution in [3.63, 3.8) is 0 Å². The first-order chi connectivity index (χ1) is 5.72. The minimum absolute atomic E-state index is 0.216. The Morgan fingerprint density at radius 1 is 1.58 bits per heavy atom. The molecule has 12 heavy (non-hydrogen) atoms. The van der Waals surface area contributed by atoms with Crippen LogP contribution in [0, 0.1) is 0 Å². The molecule has 3 heteroatoms. The van der Waals surface area contributed by atoms with Crippen molar-refractivity contribution in [2.75, 3.05) is 5.73 Å². The van der Waals surface area contributed by atoms with Gasteiger partial charge in [0.1, 0.15) is 5.75 Å². The highest BCUT2D eigenvalue weighted by atomic mass is 16.5. The van der Waals surface area contributed by atoms with Crippen molar-refractivity contribution in [2.45, 2.75) is 26.4 Å². The second kappa shape index (κ2) is 3.95. The number of hydrogen-bond acceptors (Lipinski definition) is 3. The first kappa shape index (κ1) is 8.84. The van der Waals surface area contributed by atoms with Gasteiger partial charge in [-0.05, 0) is 13.3 Å². The standard InChI is InChI=1S/C9H14N2O/c1-3-7(2)12-9-4-8(10)5-11-6-9/h4-7H,3,10H2,1-2H3. The van der Waals surface area contributed by atoms with Crippen LogP contribution in [0.5, 0.6) is 5.75 Å². The lowest BCUT2D eigenvalue weighted by Crippen LogP contribution is -2.09. The summed E-state index contributed by atoms with van der Waals surface area (Å²) in [6.07, 6.45) is 4.47. The van der Waals surface area contributed by atoms with Gasteiger partial charge in [0.2, 0.25) is 0 Å². The molecule has 0 saturated carbocycles. The van der Waals surface area contributed by atoms with Crippen LogP contribution >= 0.6 is 0 Å². The Morgan fingerprint density at radius 3 is 2.92 bits per heavy atom. The topological polar surface area (TPSA) is 48.1 Å². The van der Waals surface area contributed by atoms with Crippen molar-refractivity contribution in [1.29, 1.82) is 0 Å². The van der Waals surface area contributed by atoms with E-state index in [0.717, 1.165) is 12.2 Å². The summed E-state index contributed by atoms with van der Waals surface area (Å²) in [5.74, 6) is 0.740. The van der Waals surface area contributed by atoms with Gasteiger partial charge in [-0.2, -0.15) is 0 Å². The highest BCUT2D eigenvalue weighted by Crippen LogP contribution is 2.14. The number of ether oxygens (including phenoxy) is 1. The molecular formula is C9H14N2O. The minimum Gasteiger partial charge on any atom is -0.489 e. The largest absolute Gasteiger partial charge is 0.489 e. The van der Waals surface area contributed by atoms with Gasteiger partial charge in [0.15, 0.2) is 0 Å². The van der Waals surface area contributed by atoms with E-state index in [4.69, 9.17) is 10.5 Å². The maximum atomic E-state index is 5.53. The Hall–Kier alpha value is -1.25. The van der Waals surface area contributed by atoms with Crippen LogP contribution in [0.4, 0.5) is 5.69 Å². The first-order valence-electron chi connectivity index (χ1n) is 4.09. The van der Waals surface area contributed by atoms with Gasteiger partial charge in [0.25, 0.3) is 0 Å². The fourth-order valence-electron chi connectivity index (χ4n) is 0.816. The predicted molar refractivity (Wildman–Crippen MR) is 49.0 cm³/mol. The van der Waals surface area contributed by atoms with Crippen LogP contribution in [-0.2, 0) is 0 Å². The van der Waals surface area contributed by atoms with E-state index in [1.165, 1.54) is 0 Å². The summed E-state index contributed by atoms with van der Waals surface area (Å²) in [7, 11) is 0. The molecule has 0 aliphatic heterocycles. The number of anilines is 1. The van der Waals surface area contributed by atoms with E-state index in [2.05, 4.69) is 11.9 Å². The van der Waals surface area contributed by atoms with E-state index in [9.17, 15) is 0 Å². The van der Waals surface area contributed by atoms with Gasteiger partial charge in [-0.15, -0.1) is 0 Å². The zero-order valence-electron chi connectivity index (χ0n) is 7.45. The maximum Gasteiger partial charge on any atom is 0.140 e. The van der Waals surface area contributed by atoms with Gasteiger partial charge in [0, 0.05) is 6.07 Å². The van der Waals surface area contributed by atoms with Crippen LogP contribution in [0.1, 0.15) is 20.3 Å². The SMILES string of the molecule is CCC(C)Oc1cncc(N)c1. The molecule has 0 amide bonds. The Kier molecular flexibility index (Phi) is 2.91. The van der Waals surface area contributed by atoms with Crippen LogP contribution in [0.25, 0.3) is 0 Å². The molecule has 0 aromatic carbocycles. The second-order valence-electron chi connectivity index (χ2n) is 2.79. The smallest absolute Gasteiger partial charge is 0.140 e. The van der Waals surface area contributed by atoms with E-state index in [1.54, 1.807) is 18.5 Å². The zero-order valence-corrected chi connectivity index (χ0v) is 7.45. The third-order valence-corrected chi connectivity index (χ3v) is 1.65. The summed E-state index contributed by atoms with van der Waals surface area (Å²) in [6, 6.07) is 1.78.